The molecule has 0 aliphatic carbocycles. The zero-order valence-corrected chi connectivity index (χ0v) is 6.18. The van der Waals surface area contributed by atoms with Crippen LogP contribution in [0, 0.1) is 5.92 Å². The third kappa shape index (κ3) is 3.12. The molecule has 2 heteroatoms. The fraction of sp³-hybridized carbons (Fsp3) is 0.857. The quantitative estimate of drug-likeness (QED) is 0.610. The Balaban J connectivity index is 3.54. The summed E-state index contributed by atoms with van der Waals surface area (Å²) >= 11 is 0. The van der Waals surface area contributed by atoms with Gasteiger partial charge in [-0.15, -0.1) is 0 Å². The van der Waals surface area contributed by atoms with Gasteiger partial charge in [0.25, 0.3) is 0 Å². The van der Waals surface area contributed by atoms with Crippen LogP contribution < -0.4 is 5.73 Å². The van der Waals surface area contributed by atoms with Crippen molar-refractivity contribution >= 4 is 5.91 Å². The smallest absolute Gasteiger partial charge is 0.220 e. The Morgan fingerprint density at radius 2 is 2.11 bits per heavy atom. The molecule has 0 unspecified atom stereocenters. The molecular weight excluding hydrogens is 114 g/mol. The minimum atomic E-state index is -0.153. The molecule has 0 saturated heterocycles. The summed E-state index contributed by atoms with van der Waals surface area (Å²) in [4.78, 5) is 10.5. The second-order valence-electron chi connectivity index (χ2n) is 2.30. The van der Waals surface area contributed by atoms with E-state index < -0.39 is 0 Å². The first kappa shape index (κ1) is 8.47. The summed E-state index contributed by atoms with van der Waals surface area (Å²) in [6, 6.07) is 0. The highest BCUT2D eigenvalue weighted by Gasteiger charge is 2.09. The highest BCUT2D eigenvalue weighted by molar-refractivity contribution is 5.76. The summed E-state index contributed by atoms with van der Waals surface area (Å²) < 4.78 is 0. The predicted octanol–water partition coefficient (Wildman–Crippen LogP) is 1.30. The van der Waals surface area contributed by atoms with Crippen LogP contribution in [0.25, 0.3) is 0 Å². The summed E-state index contributed by atoms with van der Waals surface area (Å²) in [6.45, 7) is 4.05. The molecule has 0 aromatic rings. The summed E-state index contributed by atoms with van der Waals surface area (Å²) in [7, 11) is 0. The maximum atomic E-state index is 10.5. The lowest BCUT2D eigenvalue weighted by Gasteiger charge is -2.06. The van der Waals surface area contributed by atoms with Crippen LogP contribution in [0.3, 0.4) is 0 Å². The predicted molar refractivity (Wildman–Crippen MR) is 37.9 cm³/mol. The first-order valence-electron chi connectivity index (χ1n) is 3.51. The number of amides is 1. The molecule has 0 saturated carbocycles. The lowest BCUT2D eigenvalue weighted by molar-refractivity contribution is -0.122. The lowest BCUT2D eigenvalue weighted by Crippen LogP contribution is -2.22. The van der Waals surface area contributed by atoms with Crippen molar-refractivity contribution in [2.24, 2.45) is 11.7 Å². The lowest BCUT2D eigenvalue weighted by atomic mass is 10.0. The molecule has 0 bridgehead atoms. The Bertz CT molecular complexity index is 90.9. The molecule has 0 radical (unpaired) electrons. The molecule has 0 aliphatic heterocycles. The average molecular weight is 129 g/mol. The maximum absolute atomic E-state index is 10.5. The number of hydrogen-bond donors (Lipinski definition) is 1. The van der Waals surface area contributed by atoms with E-state index in [1.54, 1.807) is 0 Å². The normalized spacial score (nSPS) is 13.1. The van der Waals surface area contributed by atoms with Crippen LogP contribution in [0.4, 0.5) is 0 Å². The SMILES string of the molecule is CCC[C@H](CC)C(N)=O. The fourth-order valence-corrected chi connectivity index (χ4v) is 0.896. The van der Waals surface area contributed by atoms with Gasteiger partial charge < -0.3 is 5.73 Å². The molecule has 0 heterocycles. The fourth-order valence-electron chi connectivity index (χ4n) is 0.896. The van der Waals surface area contributed by atoms with Crippen molar-refractivity contribution in [1.82, 2.24) is 0 Å². The summed E-state index contributed by atoms with van der Waals surface area (Å²) in [5.74, 6) is -0.0469. The largest absolute Gasteiger partial charge is 0.369 e. The number of nitrogens with two attached hydrogens (primary N) is 1. The van der Waals surface area contributed by atoms with Gasteiger partial charge >= 0.3 is 0 Å². The van der Waals surface area contributed by atoms with E-state index >= 15 is 0 Å². The molecule has 0 rings (SSSR count). The summed E-state index contributed by atoms with van der Waals surface area (Å²) in [5.41, 5.74) is 5.09. The van der Waals surface area contributed by atoms with E-state index in [1.165, 1.54) is 0 Å². The topological polar surface area (TPSA) is 43.1 Å². The van der Waals surface area contributed by atoms with Crippen molar-refractivity contribution in [1.29, 1.82) is 0 Å². The Morgan fingerprint density at radius 1 is 1.56 bits per heavy atom. The highest BCUT2D eigenvalue weighted by Crippen LogP contribution is 2.08. The van der Waals surface area contributed by atoms with E-state index in [1.807, 2.05) is 6.92 Å². The minimum Gasteiger partial charge on any atom is -0.369 e. The Morgan fingerprint density at radius 3 is 2.22 bits per heavy atom. The summed E-state index contributed by atoms with van der Waals surface area (Å²) in [5, 5.41) is 0. The van der Waals surface area contributed by atoms with Gasteiger partial charge in [-0.3, -0.25) is 4.79 Å². The van der Waals surface area contributed by atoms with Crippen LogP contribution in [-0.2, 0) is 4.79 Å². The van der Waals surface area contributed by atoms with E-state index in [0.29, 0.717) is 0 Å². The minimum absolute atomic E-state index is 0.106. The molecule has 0 spiro atoms. The molecule has 0 aromatic heterocycles. The van der Waals surface area contributed by atoms with Crippen LogP contribution in [0.2, 0.25) is 0 Å². The Kier molecular flexibility index (Phi) is 4.10. The third-order valence-corrected chi connectivity index (χ3v) is 1.53. The molecule has 1 atom stereocenters. The van der Waals surface area contributed by atoms with Crippen molar-refractivity contribution in [3.05, 3.63) is 0 Å². The van der Waals surface area contributed by atoms with Crippen LogP contribution in [0.15, 0.2) is 0 Å². The van der Waals surface area contributed by atoms with Gasteiger partial charge in [0.1, 0.15) is 0 Å². The average Bonchev–Trinajstić information content (AvgIpc) is 1.82. The van der Waals surface area contributed by atoms with Crippen LogP contribution in [0.1, 0.15) is 33.1 Å². The van der Waals surface area contributed by atoms with Gasteiger partial charge in [-0.05, 0) is 12.8 Å². The molecule has 2 N–H and O–H groups in total. The second kappa shape index (κ2) is 4.36. The van der Waals surface area contributed by atoms with Gasteiger partial charge in [0.15, 0.2) is 0 Å². The van der Waals surface area contributed by atoms with Crippen molar-refractivity contribution in [3.63, 3.8) is 0 Å². The van der Waals surface area contributed by atoms with Gasteiger partial charge in [-0.2, -0.15) is 0 Å². The first-order chi connectivity index (χ1) is 4.22. The van der Waals surface area contributed by atoms with Gasteiger partial charge in [-0.25, -0.2) is 0 Å². The molecular formula is C7H15NO. The van der Waals surface area contributed by atoms with Crippen LogP contribution in [0.5, 0.6) is 0 Å². The number of carbonyl (C=O) groups is 1. The van der Waals surface area contributed by atoms with Gasteiger partial charge in [-0.1, -0.05) is 20.3 Å². The van der Waals surface area contributed by atoms with Gasteiger partial charge in [0.2, 0.25) is 5.91 Å². The third-order valence-electron chi connectivity index (χ3n) is 1.53. The monoisotopic (exact) mass is 129 g/mol. The second-order valence-corrected chi connectivity index (χ2v) is 2.30. The zero-order valence-electron chi connectivity index (χ0n) is 6.18. The number of hydrogen-bond acceptors (Lipinski definition) is 1. The molecule has 0 aromatic carbocycles. The van der Waals surface area contributed by atoms with E-state index in [0.717, 1.165) is 19.3 Å². The number of rotatable bonds is 4. The molecule has 1 amide bonds. The van der Waals surface area contributed by atoms with E-state index in [2.05, 4.69) is 6.92 Å². The van der Waals surface area contributed by atoms with Crippen molar-refractivity contribution in [2.45, 2.75) is 33.1 Å². The van der Waals surface area contributed by atoms with Gasteiger partial charge in [0.05, 0.1) is 0 Å². The molecule has 9 heavy (non-hydrogen) atoms. The van der Waals surface area contributed by atoms with Gasteiger partial charge in [0, 0.05) is 5.92 Å². The highest BCUT2D eigenvalue weighted by atomic mass is 16.1. The zero-order chi connectivity index (χ0) is 7.28. The van der Waals surface area contributed by atoms with Crippen LogP contribution >= 0.6 is 0 Å². The maximum Gasteiger partial charge on any atom is 0.220 e. The van der Waals surface area contributed by atoms with E-state index in [9.17, 15) is 4.79 Å². The molecule has 0 fully saturated rings. The van der Waals surface area contributed by atoms with Crippen molar-refractivity contribution < 1.29 is 4.79 Å². The molecule has 54 valence electrons. The van der Waals surface area contributed by atoms with E-state index in [-0.39, 0.29) is 11.8 Å². The summed E-state index contributed by atoms with van der Waals surface area (Å²) in [6.07, 6.45) is 2.86. The van der Waals surface area contributed by atoms with Crippen molar-refractivity contribution in [2.75, 3.05) is 0 Å². The Hall–Kier alpha value is -0.530. The van der Waals surface area contributed by atoms with E-state index in [4.69, 9.17) is 5.73 Å². The number of carbonyl (C=O) groups excluding carboxylic acids is 1. The number of primary amides is 1. The Labute approximate surface area is 56.4 Å². The molecule has 0 aliphatic rings. The van der Waals surface area contributed by atoms with Crippen molar-refractivity contribution in [3.8, 4) is 0 Å². The molecule has 2 nitrogen and oxygen atoms in total. The first-order valence-corrected chi connectivity index (χ1v) is 3.51. The van der Waals surface area contributed by atoms with Crippen LogP contribution in [-0.4, -0.2) is 5.91 Å². The standard InChI is InChI=1S/C7H15NO/c1-3-5-6(4-2)7(8)9/h6H,3-5H2,1-2H3,(H2,8,9)/t6-/m0/s1.